The first-order chi connectivity index (χ1) is 12.1. The number of benzene rings is 1. The van der Waals surface area contributed by atoms with Crippen LogP contribution in [0.2, 0.25) is 0 Å². The summed E-state index contributed by atoms with van der Waals surface area (Å²) in [6.07, 6.45) is 1.52. The molecule has 2 heterocycles. The van der Waals surface area contributed by atoms with Gasteiger partial charge in [0.2, 0.25) is 5.91 Å². The van der Waals surface area contributed by atoms with Crippen LogP contribution in [-0.2, 0) is 14.8 Å². The van der Waals surface area contributed by atoms with Crippen LogP contribution in [0.5, 0.6) is 0 Å². The van der Waals surface area contributed by atoms with Crippen molar-refractivity contribution in [3.63, 3.8) is 0 Å². The molecule has 0 aromatic heterocycles. The lowest BCUT2D eigenvalue weighted by molar-refractivity contribution is -0.132. The van der Waals surface area contributed by atoms with E-state index in [9.17, 15) is 22.4 Å². The molecule has 3 amide bonds. The van der Waals surface area contributed by atoms with Crippen LogP contribution in [0.4, 0.5) is 14.9 Å². The number of carbonyl (C=O) groups is 2. The number of anilines is 1. The van der Waals surface area contributed by atoms with Crippen LogP contribution in [0.3, 0.4) is 0 Å². The number of halogens is 3. The Bertz CT molecular complexity index is 923. The molecule has 26 heavy (non-hydrogen) atoms. The number of likely N-dealkylation sites (tertiary alicyclic amines) is 1. The summed E-state index contributed by atoms with van der Waals surface area (Å²) in [4.78, 5) is 26.2. The number of hydrogen-bond donors (Lipinski definition) is 1. The number of hydrogen-bond acceptors (Lipinski definition) is 4. The minimum atomic E-state index is -4.30. The Morgan fingerprint density at radius 3 is 2.73 bits per heavy atom. The van der Waals surface area contributed by atoms with Gasteiger partial charge in [-0.1, -0.05) is 31.9 Å². The van der Waals surface area contributed by atoms with E-state index in [4.69, 9.17) is 0 Å². The Morgan fingerprint density at radius 2 is 2.12 bits per heavy atom. The highest BCUT2D eigenvalue weighted by atomic mass is 79.9. The Balaban J connectivity index is 1.57. The SMILES string of the molecule is O=C(CN1C(=O)Nc2ccc(F)cc2S1(=O)=O)N1CC2CC1CC2(Br)Br. The zero-order valence-corrected chi connectivity index (χ0v) is 17.3. The number of piperidine rings is 1. The third kappa shape index (κ3) is 2.75. The lowest BCUT2D eigenvalue weighted by Gasteiger charge is -2.35. The molecule has 1 saturated carbocycles. The fourth-order valence-corrected chi connectivity index (χ4v) is 6.64. The summed E-state index contributed by atoms with van der Waals surface area (Å²) in [5.41, 5.74) is 0.00342. The third-order valence-electron chi connectivity index (χ3n) is 5.10. The van der Waals surface area contributed by atoms with Crippen molar-refractivity contribution in [2.75, 3.05) is 18.4 Å². The Morgan fingerprint density at radius 1 is 1.38 bits per heavy atom. The third-order valence-corrected chi connectivity index (χ3v) is 8.81. The van der Waals surface area contributed by atoms with Gasteiger partial charge in [-0.3, -0.25) is 4.79 Å². The van der Waals surface area contributed by atoms with Gasteiger partial charge in [-0.2, -0.15) is 0 Å². The highest BCUT2D eigenvalue weighted by Crippen LogP contribution is 2.53. The van der Waals surface area contributed by atoms with E-state index in [0.29, 0.717) is 17.3 Å². The summed E-state index contributed by atoms with van der Waals surface area (Å²) in [5, 5.41) is 2.39. The number of sulfonamides is 1. The first-order valence-electron chi connectivity index (χ1n) is 7.90. The predicted molar refractivity (Wildman–Crippen MR) is 98.1 cm³/mol. The molecule has 2 unspecified atom stereocenters. The molecule has 1 saturated heterocycles. The molecule has 1 N–H and O–H groups in total. The maximum absolute atomic E-state index is 13.5. The van der Waals surface area contributed by atoms with Gasteiger partial charge in [0.15, 0.2) is 0 Å². The van der Waals surface area contributed by atoms with Crippen LogP contribution in [0.1, 0.15) is 12.8 Å². The second-order valence-corrected chi connectivity index (χ2v) is 12.4. The molecule has 3 aliphatic rings. The molecule has 0 radical (unpaired) electrons. The number of carbonyl (C=O) groups excluding carboxylic acids is 2. The van der Waals surface area contributed by atoms with E-state index < -0.39 is 34.3 Å². The number of urea groups is 1. The van der Waals surface area contributed by atoms with Crippen LogP contribution in [0.15, 0.2) is 23.1 Å². The van der Waals surface area contributed by atoms with E-state index in [1.54, 1.807) is 4.90 Å². The second kappa shape index (κ2) is 5.90. The lowest BCUT2D eigenvalue weighted by Crippen LogP contribution is -2.52. The first kappa shape index (κ1) is 18.2. The van der Waals surface area contributed by atoms with Crippen molar-refractivity contribution >= 4 is 59.5 Å². The number of fused-ring (bicyclic) bond motifs is 3. The van der Waals surface area contributed by atoms with Gasteiger partial charge in [-0.05, 0) is 31.0 Å². The van der Waals surface area contributed by atoms with Gasteiger partial charge in [0.05, 0.1) is 8.92 Å². The minimum absolute atomic E-state index is 0.00342. The minimum Gasteiger partial charge on any atom is -0.338 e. The number of amides is 3. The average molecular weight is 511 g/mol. The van der Waals surface area contributed by atoms with Crippen molar-refractivity contribution in [1.82, 2.24) is 9.21 Å². The molecule has 1 aromatic carbocycles. The molecule has 2 atom stereocenters. The molecular formula is C15H14Br2FN3O4S. The molecule has 1 aliphatic carbocycles. The monoisotopic (exact) mass is 509 g/mol. The topological polar surface area (TPSA) is 86.8 Å². The maximum Gasteiger partial charge on any atom is 0.336 e. The van der Waals surface area contributed by atoms with Gasteiger partial charge < -0.3 is 10.2 Å². The van der Waals surface area contributed by atoms with Crippen molar-refractivity contribution in [2.24, 2.45) is 5.92 Å². The molecule has 2 fully saturated rings. The molecule has 140 valence electrons. The van der Waals surface area contributed by atoms with Gasteiger partial charge in [0.1, 0.15) is 17.3 Å². The molecule has 11 heteroatoms. The van der Waals surface area contributed by atoms with Crippen LogP contribution < -0.4 is 5.32 Å². The summed E-state index contributed by atoms with van der Waals surface area (Å²) in [6.45, 7) is -0.119. The second-order valence-electron chi connectivity index (χ2n) is 6.68. The quantitative estimate of drug-likeness (QED) is 0.619. The van der Waals surface area contributed by atoms with Crippen molar-refractivity contribution in [3.05, 3.63) is 24.0 Å². The van der Waals surface area contributed by atoms with Crippen molar-refractivity contribution in [3.8, 4) is 0 Å². The van der Waals surface area contributed by atoms with Crippen LogP contribution in [-0.4, -0.2) is 51.9 Å². The Labute approximate surface area is 166 Å². The average Bonchev–Trinajstić information content (AvgIpc) is 3.08. The van der Waals surface area contributed by atoms with E-state index in [0.717, 1.165) is 18.6 Å². The zero-order valence-electron chi connectivity index (χ0n) is 13.3. The molecule has 4 rings (SSSR count). The molecule has 2 bridgehead atoms. The molecule has 7 nitrogen and oxygen atoms in total. The molecule has 1 aromatic rings. The van der Waals surface area contributed by atoms with E-state index in [1.807, 2.05) is 0 Å². The summed E-state index contributed by atoms with van der Waals surface area (Å²) in [6, 6.07) is 2.15. The lowest BCUT2D eigenvalue weighted by atomic mass is 10.1. The van der Waals surface area contributed by atoms with Gasteiger partial charge in [-0.15, -0.1) is 0 Å². The number of nitrogens with one attached hydrogen (secondary N) is 1. The summed E-state index contributed by atoms with van der Waals surface area (Å²) >= 11 is 7.20. The summed E-state index contributed by atoms with van der Waals surface area (Å²) in [7, 11) is -4.30. The van der Waals surface area contributed by atoms with Crippen molar-refractivity contribution in [2.45, 2.75) is 27.0 Å². The van der Waals surface area contributed by atoms with Gasteiger partial charge in [-0.25, -0.2) is 21.9 Å². The van der Waals surface area contributed by atoms with Crippen LogP contribution in [0, 0.1) is 11.7 Å². The van der Waals surface area contributed by atoms with E-state index in [2.05, 4.69) is 37.2 Å². The number of rotatable bonds is 2. The fourth-order valence-electron chi connectivity index (χ4n) is 3.79. The van der Waals surface area contributed by atoms with Gasteiger partial charge in [0.25, 0.3) is 10.0 Å². The summed E-state index contributed by atoms with van der Waals surface area (Å²) in [5.74, 6) is -0.956. The normalized spacial score (nSPS) is 28.0. The van der Waals surface area contributed by atoms with E-state index >= 15 is 0 Å². The highest BCUT2D eigenvalue weighted by Gasteiger charge is 2.53. The highest BCUT2D eigenvalue weighted by molar-refractivity contribution is 9.25. The van der Waals surface area contributed by atoms with Crippen molar-refractivity contribution < 1.29 is 22.4 Å². The number of nitrogens with zero attached hydrogens (tertiary/aromatic N) is 2. The van der Waals surface area contributed by atoms with Crippen LogP contribution >= 0.6 is 31.9 Å². The Hall–Kier alpha value is -1.20. The molecule has 0 spiro atoms. The van der Waals surface area contributed by atoms with Gasteiger partial charge >= 0.3 is 6.03 Å². The Kier molecular flexibility index (Phi) is 4.12. The maximum atomic E-state index is 13.5. The molecule has 2 aliphatic heterocycles. The predicted octanol–water partition coefficient (Wildman–Crippen LogP) is 2.47. The largest absolute Gasteiger partial charge is 0.338 e. The van der Waals surface area contributed by atoms with Crippen LogP contribution in [0.25, 0.3) is 0 Å². The fraction of sp³-hybridized carbons (Fsp3) is 0.467. The van der Waals surface area contributed by atoms with E-state index in [1.165, 1.54) is 6.07 Å². The smallest absolute Gasteiger partial charge is 0.336 e. The first-order valence-corrected chi connectivity index (χ1v) is 10.9. The zero-order chi connectivity index (χ0) is 18.9. The van der Waals surface area contributed by atoms with E-state index in [-0.39, 0.29) is 25.8 Å². The number of alkyl halides is 2. The standard InChI is InChI=1S/C15H14Br2FN3O4S/c16-15(17)5-10-3-8(15)6-20(10)13(22)7-21-14(23)19-11-2-1-9(18)4-12(11)26(21,24)25/h1-2,4,8,10H,3,5-7H2,(H,19,23). The van der Waals surface area contributed by atoms with Crippen molar-refractivity contribution in [1.29, 1.82) is 0 Å². The summed E-state index contributed by atoms with van der Waals surface area (Å²) < 4.78 is 39.1. The van der Waals surface area contributed by atoms with Gasteiger partial charge in [0, 0.05) is 18.5 Å². The molecular weight excluding hydrogens is 497 g/mol.